The van der Waals surface area contributed by atoms with Gasteiger partial charge in [-0.2, -0.15) is 0 Å². The average Bonchev–Trinajstić information content (AvgIpc) is 3.60. The van der Waals surface area contributed by atoms with Gasteiger partial charge >= 0.3 is 13.1 Å². The summed E-state index contributed by atoms with van der Waals surface area (Å²) in [5.74, 6) is -0.553. The van der Waals surface area contributed by atoms with Gasteiger partial charge in [-0.15, -0.1) is 18.3 Å². The Hall–Kier alpha value is -2.18. The molecule has 4 fully saturated rings. The molecule has 1 amide bonds. The number of amides is 1. The lowest BCUT2D eigenvalue weighted by atomic mass is 9.44. The highest BCUT2D eigenvalue weighted by molar-refractivity contribution is 8.00. The first-order chi connectivity index (χ1) is 22.2. The molecular formula is C36H50BNO8S. The summed E-state index contributed by atoms with van der Waals surface area (Å²) >= 11 is 1.38. The number of esters is 1. The molecule has 0 saturated heterocycles. The van der Waals surface area contributed by atoms with Gasteiger partial charge < -0.3 is 29.9 Å². The molecule has 47 heavy (non-hydrogen) atoms. The van der Waals surface area contributed by atoms with E-state index in [1.807, 2.05) is 6.92 Å². The van der Waals surface area contributed by atoms with Crippen molar-refractivity contribution in [2.24, 2.45) is 34.0 Å². The predicted octanol–water partition coefficient (Wildman–Crippen LogP) is 3.56. The Kier molecular flexibility index (Phi) is 9.54. The van der Waals surface area contributed by atoms with Crippen LogP contribution in [0.4, 0.5) is 0 Å². The molecular weight excluding hydrogens is 617 g/mol. The van der Waals surface area contributed by atoms with E-state index in [0.717, 1.165) is 24.8 Å². The van der Waals surface area contributed by atoms with Gasteiger partial charge in [-0.05, 0) is 85.4 Å². The third-order valence-corrected chi connectivity index (χ3v) is 14.5. The molecule has 2 bridgehead atoms. The molecule has 1 aromatic carbocycles. The van der Waals surface area contributed by atoms with Crippen molar-refractivity contribution in [3.8, 4) is 0 Å². The largest absolute Gasteiger partial charge is 0.491 e. The van der Waals surface area contributed by atoms with E-state index in [4.69, 9.17) is 9.39 Å². The van der Waals surface area contributed by atoms with Crippen LogP contribution in [0.3, 0.4) is 0 Å². The van der Waals surface area contributed by atoms with E-state index in [2.05, 4.69) is 32.7 Å². The maximum Gasteiger partial charge on any atom is 0.491 e. The van der Waals surface area contributed by atoms with E-state index < -0.39 is 36.3 Å². The van der Waals surface area contributed by atoms with Gasteiger partial charge in [0.15, 0.2) is 0 Å². The van der Waals surface area contributed by atoms with Crippen molar-refractivity contribution in [1.82, 2.24) is 5.32 Å². The Morgan fingerprint density at radius 2 is 1.96 bits per heavy atom. The molecule has 0 radical (unpaired) electrons. The number of ketones is 1. The molecule has 11 atom stereocenters. The third-order valence-electron chi connectivity index (χ3n) is 13.2. The minimum absolute atomic E-state index is 0.0623. The van der Waals surface area contributed by atoms with Crippen LogP contribution in [-0.4, -0.2) is 75.4 Å². The van der Waals surface area contributed by atoms with Crippen LogP contribution in [0.5, 0.6) is 0 Å². The van der Waals surface area contributed by atoms with Crippen LogP contribution < -0.4 is 10.8 Å². The molecule has 1 aliphatic heterocycles. The maximum absolute atomic E-state index is 13.6. The number of carbonyl (C=O) groups excluding carboxylic acids is 3. The summed E-state index contributed by atoms with van der Waals surface area (Å²) in [6.07, 6.45) is 4.91. The normalized spacial score (nSPS) is 41.3. The van der Waals surface area contributed by atoms with Gasteiger partial charge in [0.05, 0.1) is 24.6 Å². The molecule has 1 aromatic rings. The molecule has 0 unspecified atom stereocenters. The predicted molar refractivity (Wildman–Crippen MR) is 181 cm³/mol. The summed E-state index contributed by atoms with van der Waals surface area (Å²) < 4.78 is 11.6. The number of Topliss-reactive ketones (excluding diaryl/α,β-unsaturated/α-hetero) is 1. The van der Waals surface area contributed by atoms with Crippen molar-refractivity contribution in [2.75, 3.05) is 5.75 Å². The Morgan fingerprint density at radius 1 is 1.19 bits per heavy atom. The molecule has 6 rings (SSSR count). The smallest absolute Gasteiger partial charge is 0.461 e. The first-order valence-corrected chi connectivity index (χ1v) is 18.3. The lowest BCUT2D eigenvalue weighted by Crippen LogP contribution is -2.63. The van der Waals surface area contributed by atoms with Crippen molar-refractivity contribution in [3.05, 3.63) is 42.0 Å². The molecule has 256 valence electrons. The maximum atomic E-state index is 13.6. The standard InChI is InChI=1S/C36H50BNO8S/c1-6-34(4)17-29(35(5)20(2)11-13-36(21(3)32(34)42)14-12-26(39)31(35)36)46-30(41)19-47-28-10-9-24(16-27(28)40)38-33(43)22-7-8-23-18-45-37(44)25(23)15-22/h6-8,15,20-21,24,27-29,31-32,40,42,44H,1,9-14,16-19H2,2-5H3,(H,38,43)/t20-,21+,24-,27-,28-,29-,31+,32+,34-,35+,36+/m1/s1. The number of rotatable bonds is 7. The first-order valence-electron chi connectivity index (χ1n) is 17.3. The number of ether oxygens (including phenoxy) is 1. The summed E-state index contributed by atoms with van der Waals surface area (Å²) in [7, 11) is -1.03. The van der Waals surface area contributed by atoms with Crippen LogP contribution in [0, 0.1) is 34.0 Å². The number of nitrogens with one attached hydrogen (secondary N) is 1. The zero-order chi connectivity index (χ0) is 33.9. The van der Waals surface area contributed by atoms with Crippen LogP contribution in [0.15, 0.2) is 30.9 Å². The summed E-state index contributed by atoms with van der Waals surface area (Å²) in [5, 5.41) is 35.6. The monoisotopic (exact) mass is 667 g/mol. The zero-order valence-corrected chi connectivity index (χ0v) is 28.9. The first kappa shape index (κ1) is 34.7. The van der Waals surface area contributed by atoms with Crippen LogP contribution in [0.2, 0.25) is 0 Å². The molecule has 11 heteroatoms. The van der Waals surface area contributed by atoms with E-state index in [-0.39, 0.29) is 57.9 Å². The SMILES string of the molecule is C=C[C@]1(C)C[C@@H](OC(=O)CS[C@@H]2CC[C@@H](NC(=O)c3ccc4c(c3)B(O)OC4)C[C@H]2O)[C@]2(C)[C@H](C)CC[C@]3(CCC(=O)[C@H]32)[C@@H](C)[C@@H]1O. The van der Waals surface area contributed by atoms with Crippen LogP contribution in [0.1, 0.15) is 95.0 Å². The van der Waals surface area contributed by atoms with Gasteiger partial charge in [0.1, 0.15) is 11.9 Å². The Morgan fingerprint density at radius 3 is 2.68 bits per heavy atom. The molecule has 0 spiro atoms. The van der Waals surface area contributed by atoms with Crippen LogP contribution >= 0.6 is 11.8 Å². The quantitative estimate of drug-likeness (QED) is 0.195. The topological polar surface area (TPSA) is 142 Å². The Balaban J connectivity index is 1.09. The van der Waals surface area contributed by atoms with Gasteiger partial charge in [-0.3, -0.25) is 14.4 Å². The number of thioether (sulfide) groups is 1. The highest BCUT2D eigenvalue weighted by Crippen LogP contribution is 2.68. The van der Waals surface area contributed by atoms with E-state index in [9.17, 15) is 29.6 Å². The van der Waals surface area contributed by atoms with Crippen LogP contribution in [-0.2, 0) is 25.6 Å². The van der Waals surface area contributed by atoms with Crippen molar-refractivity contribution >= 4 is 42.0 Å². The van der Waals surface area contributed by atoms with Crippen molar-refractivity contribution in [3.63, 3.8) is 0 Å². The molecule has 4 aliphatic carbocycles. The highest BCUT2D eigenvalue weighted by Gasteiger charge is 2.68. The number of aliphatic hydroxyl groups is 2. The van der Waals surface area contributed by atoms with E-state index in [1.54, 1.807) is 24.3 Å². The van der Waals surface area contributed by atoms with Crippen LogP contribution in [0.25, 0.3) is 0 Å². The fourth-order valence-electron chi connectivity index (χ4n) is 9.94. The average molecular weight is 668 g/mol. The zero-order valence-electron chi connectivity index (χ0n) is 28.1. The van der Waals surface area contributed by atoms with E-state index in [0.29, 0.717) is 49.7 Å². The minimum Gasteiger partial charge on any atom is -0.461 e. The summed E-state index contributed by atoms with van der Waals surface area (Å²) in [4.78, 5) is 40.2. The summed E-state index contributed by atoms with van der Waals surface area (Å²) in [5.41, 5.74) is 0.319. The van der Waals surface area contributed by atoms with Gasteiger partial charge in [0, 0.05) is 40.0 Å². The third kappa shape index (κ3) is 5.92. The Labute approximate surface area is 282 Å². The van der Waals surface area contributed by atoms with Gasteiger partial charge in [-0.25, -0.2) is 0 Å². The molecule has 1 heterocycles. The molecule has 0 aromatic heterocycles. The van der Waals surface area contributed by atoms with Gasteiger partial charge in [0.25, 0.3) is 5.91 Å². The molecule has 4 saturated carbocycles. The number of hydrogen-bond acceptors (Lipinski definition) is 9. The number of hydrogen-bond donors (Lipinski definition) is 4. The van der Waals surface area contributed by atoms with E-state index in [1.165, 1.54) is 11.8 Å². The fraction of sp³-hybridized carbons (Fsp3) is 0.694. The number of fused-ring (bicyclic) bond motifs is 1. The van der Waals surface area contributed by atoms with Crippen molar-refractivity contribution < 1.29 is 39.0 Å². The van der Waals surface area contributed by atoms with Gasteiger partial charge in [0.2, 0.25) is 0 Å². The molecule has 4 N–H and O–H groups in total. The molecule has 5 aliphatic rings. The summed E-state index contributed by atoms with van der Waals surface area (Å²) in [6.45, 7) is 12.8. The van der Waals surface area contributed by atoms with Crippen molar-refractivity contribution in [2.45, 2.75) is 115 Å². The minimum atomic E-state index is -1.03. The van der Waals surface area contributed by atoms with E-state index >= 15 is 0 Å². The number of benzene rings is 1. The fourth-order valence-corrected chi connectivity index (χ4v) is 11.0. The lowest BCUT2D eigenvalue weighted by molar-refractivity contribution is -0.205. The lowest BCUT2D eigenvalue weighted by Gasteiger charge is -2.61. The second kappa shape index (κ2) is 12.9. The number of carbonyl (C=O) groups is 3. The Bertz CT molecular complexity index is 1420. The van der Waals surface area contributed by atoms with Crippen molar-refractivity contribution in [1.29, 1.82) is 0 Å². The highest BCUT2D eigenvalue weighted by atomic mass is 32.2. The summed E-state index contributed by atoms with van der Waals surface area (Å²) in [6, 6.07) is 4.94. The molecule has 9 nitrogen and oxygen atoms in total. The second-order valence-corrected chi connectivity index (χ2v) is 16.8. The number of aliphatic hydroxyl groups excluding tert-OH is 2. The van der Waals surface area contributed by atoms with Gasteiger partial charge in [-0.1, -0.05) is 39.8 Å². The second-order valence-electron chi connectivity index (χ2n) is 15.5.